The van der Waals surface area contributed by atoms with Crippen molar-refractivity contribution in [1.82, 2.24) is 0 Å². The van der Waals surface area contributed by atoms with Gasteiger partial charge in [-0.2, -0.15) is 13.2 Å². The fraction of sp³-hybridized carbons (Fsp3) is 0.250. The van der Waals surface area contributed by atoms with Crippen LogP contribution >= 0.6 is 11.8 Å². The second-order valence-electron chi connectivity index (χ2n) is 6.20. The molecule has 0 aliphatic heterocycles. The van der Waals surface area contributed by atoms with Crippen LogP contribution in [0.25, 0.3) is 0 Å². The molecule has 1 amide bonds. The molecule has 0 saturated heterocycles. The number of amides is 1. The van der Waals surface area contributed by atoms with Gasteiger partial charge in [-0.15, -0.1) is 0 Å². The van der Waals surface area contributed by atoms with Crippen LogP contribution in [0.3, 0.4) is 0 Å². The molecule has 0 spiro atoms. The molecule has 0 fully saturated rings. The van der Waals surface area contributed by atoms with Crippen molar-refractivity contribution >= 4 is 34.4 Å². The molecule has 0 atom stereocenters. The lowest BCUT2D eigenvalue weighted by molar-refractivity contribution is -0.137. The van der Waals surface area contributed by atoms with Gasteiger partial charge in [0.1, 0.15) is 0 Å². The van der Waals surface area contributed by atoms with Crippen molar-refractivity contribution in [2.45, 2.75) is 31.7 Å². The Morgan fingerprint density at radius 3 is 2.31 bits per heavy atom. The third-order valence-electron chi connectivity index (χ3n) is 3.96. The van der Waals surface area contributed by atoms with E-state index in [1.807, 2.05) is 18.2 Å². The average Bonchev–Trinajstić information content (AvgIpc) is 2.64. The first-order valence-electron chi connectivity index (χ1n) is 8.52. The van der Waals surface area contributed by atoms with E-state index in [1.54, 1.807) is 6.07 Å². The maximum Gasteiger partial charge on any atom is 0.416 e. The molecule has 0 aliphatic carbocycles. The van der Waals surface area contributed by atoms with E-state index < -0.39 is 29.2 Å². The van der Waals surface area contributed by atoms with Crippen molar-refractivity contribution in [2.75, 3.05) is 5.32 Å². The van der Waals surface area contributed by atoms with Gasteiger partial charge >= 0.3 is 12.1 Å². The number of carboxylic acid groups (broad SMARTS) is 1. The minimum Gasteiger partial charge on any atom is -0.478 e. The van der Waals surface area contributed by atoms with Crippen LogP contribution in [0, 0.1) is 0 Å². The first-order valence-corrected chi connectivity index (χ1v) is 9.50. The number of nitrogens with one attached hydrogen (secondary N) is 1. The number of anilines is 1. The third kappa shape index (κ3) is 6.94. The molecule has 5 nitrogen and oxygen atoms in total. The summed E-state index contributed by atoms with van der Waals surface area (Å²) in [6, 6.07) is 9.46. The van der Waals surface area contributed by atoms with Gasteiger partial charge < -0.3 is 10.4 Å². The zero-order valence-corrected chi connectivity index (χ0v) is 16.2. The van der Waals surface area contributed by atoms with E-state index in [9.17, 15) is 27.6 Å². The fourth-order valence-corrected chi connectivity index (χ4v) is 3.22. The lowest BCUT2D eigenvalue weighted by Crippen LogP contribution is -2.15. The highest BCUT2D eigenvalue weighted by Crippen LogP contribution is 2.32. The molecule has 0 aromatic heterocycles. The molecule has 2 N–H and O–H groups in total. The Labute approximate surface area is 169 Å². The van der Waals surface area contributed by atoms with Gasteiger partial charge in [-0.05, 0) is 35.7 Å². The number of aromatic carboxylic acids is 1. The molecule has 29 heavy (non-hydrogen) atoms. The quantitative estimate of drug-likeness (QED) is 0.669. The number of benzene rings is 2. The number of aryl methyl sites for hydroxylation is 1. The highest BCUT2D eigenvalue weighted by Gasteiger charge is 2.32. The molecule has 0 aliphatic rings. The van der Waals surface area contributed by atoms with E-state index in [-0.39, 0.29) is 17.2 Å². The van der Waals surface area contributed by atoms with Crippen LogP contribution in [-0.2, 0) is 27.9 Å². The smallest absolute Gasteiger partial charge is 0.416 e. The minimum atomic E-state index is -4.74. The molecule has 0 saturated carbocycles. The van der Waals surface area contributed by atoms with Gasteiger partial charge in [-0.25, -0.2) is 4.79 Å². The molecule has 0 unspecified atom stereocenters. The van der Waals surface area contributed by atoms with Crippen molar-refractivity contribution in [3.8, 4) is 0 Å². The number of alkyl halides is 3. The molecule has 0 bridgehead atoms. The molecule has 9 heteroatoms. The number of carbonyl (C=O) groups is 3. The summed E-state index contributed by atoms with van der Waals surface area (Å²) in [7, 11) is 0. The number of thioether (sulfide) groups is 1. The van der Waals surface area contributed by atoms with E-state index in [4.69, 9.17) is 5.11 Å². The second kappa shape index (κ2) is 9.60. The van der Waals surface area contributed by atoms with E-state index in [0.717, 1.165) is 29.0 Å². The summed E-state index contributed by atoms with van der Waals surface area (Å²) in [5, 5.41) is 11.3. The van der Waals surface area contributed by atoms with Gasteiger partial charge in [0.25, 0.3) is 0 Å². The standard InChI is InChI=1S/C20H18F3NO4S/c1-12(25)29-11-14-5-3-2-4-13(14)6-7-18(26)24-17-9-15(19(27)28)8-16(10-17)20(21,22)23/h2-5,8-10H,6-7,11H2,1H3,(H,24,26)(H,27,28). The van der Waals surface area contributed by atoms with Crippen LogP contribution in [0.5, 0.6) is 0 Å². The number of hydrogen-bond acceptors (Lipinski definition) is 4. The van der Waals surface area contributed by atoms with E-state index in [0.29, 0.717) is 24.3 Å². The summed E-state index contributed by atoms with van der Waals surface area (Å²) < 4.78 is 38.9. The Balaban J connectivity index is 2.09. The highest BCUT2D eigenvalue weighted by atomic mass is 32.2. The van der Waals surface area contributed by atoms with Gasteiger partial charge in [0.15, 0.2) is 5.12 Å². The molecule has 0 radical (unpaired) electrons. The minimum absolute atomic E-state index is 0.0135. The molecule has 2 rings (SSSR count). The van der Waals surface area contributed by atoms with Crippen molar-refractivity contribution < 1.29 is 32.7 Å². The third-order valence-corrected chi connectivity index (χ3v) is 4.82. The Morgan fingerprint density at radius 2 is 1.72 bits per heavy atom. The highest BCUT2D eigenvalue weighted by molar-refractivity contribution is 8.12. The number of hydrogen-bond donors (Lipinski definition) is 2. The Morgan fingerprint density at radius 1 is 1.07 bits per heavy atom. The molecule has 154 valence electrons. The predicted octanol–water partition coefficient (Wildman–Crippen LogP) is 4.75. The SMILES string of the molecule is CC(=O)SCc1ccccc1CCC(=O)Nc1cc(C(=O)O)cc(C(F)(F)F)c1. The summed E-state index contributed by atoms with van der Waals surface area (Å²) in [5.41, 5.74) is -0.205. The van der Waals surface area contributed by atoms with Crippen LogP contribution in [0.2, 0.25) is 0 Å². The number of carbonyl (C=O) groups excluding carboxylic acids is 2. The molecule has 0 heterocycles. The van der Waals surface area contributed by atoms with Gasteiger partial charge in [-0.1, -0.05) is 36.0 Å². The summed E-state index contributed by atoms with van der Waals surface area (Å²) in [6.45, 7) is 1.46. The number of halogens is 3. The number of rotatable bonds is 7. The van der Waals surface area contributed by atoms with Gasteiger partial charge in [0.2, 0.25) is 5.91 Å². The molecule has 2 aromatic rings. The van der Waals surface area contributed by atoms with Crippen LogP contribution in [0.1, 0.15) is 40.4 Å². The molecular weight excluding hydrogens is 407 g/mol. The average molecular weight is 425 g/mol. The monoisotopic (exact) mass is 425 g/mol. The predicted molar refractivity (Wildman–Crippen MR) is 104 cm³/mol. The summed E-state index contributed by atoms with van der Waals surface area (Å²) >= 11 is 1.14. The Bertz CT molecular complexity index is 928. The van der Waals surface area contributed by atoms with Crippen molar-refractivity contribution in [1.29, 1.82) is 0 Å². The van der Waals surface area contributed by atoms with Crippen LogP contribution in [-0.4, -0.2) is 22.1 Å². The topological polar surface area (TPSA) is 83.5 Å². The van der Waals surface area contributed by atoms with Crippen LogP contribution in [0.15, 0.2) is 42.5 Å². The summed E-state index contributed by atoms with van der Waals surface area (Å²) in [6.07, 6.45) is -4.43. The van der Waals surface area contributed by atoms with Crippen LogP contribution < -0.4 is 5.32 Å². The maximum absolute atomic E-state index is 13.0. The van der Waals surface area contributed by atoms with Crippen LogP contribution in [0.4, 0.5) is 18.9 Å². The first kappa shape index (κ1) is 22.5. The number of carboxylic acids is 1. The Kier molecular flexibility index (Phi) is 7.44. The van der Waals surface area contributed by atoms with Crippen molar-refractivity contribution in [3.05, 3.63) is 64.7 Å². The lowest BCUT2D eigenvalue weighted by Gasteiger charge is -2.12. The molecule has 2 aromatic carbocycles. The zero-order chi connectivity index (χ0) is 21.6. The van der Waals surface area contributed by atoms with E-state index in [2.05, 4.69) is 5.32 Å². The second-order valence-corrected chi connectivity index (χ2v) is 7.35. The largest absolute Gasteiger partial charge is 0.478 e. The summed E-state index contributed by atoms with van der Waals surface area (Å²) in [5.74, 6) is -1.61. The lowest BCUT2D eigenvalue weighted by atomic mass is 10.0. The van der Waals surface area contributed by atoms with Gasteiger partial charge in [0, 0.05) is 24.8 Å². The maximum atomic E-state index is 13.0. The van der Waals surface area contributed by atoms with Crippen molar-refractivity contribution in [3.63, 3.8) is 0 Å². The molecular formula is C20H18F3NO4S. The van der Waals surface area contributed by atoms with Gasteiger partial charge in [-0.3, -0.25) is 9.59 Å². The Hall–Kier alpha value is -2.81. The fourth-order valence-electron chi connectivity index (χ4n) is 2.58. The van der Waals surface area contributed by atoms with Gasteiger partial charge in [0.05, 0.1) is 11.1 Å². The normalized spacial score (nSPS) is 11.2. The first-order chi connectivity index (χ1) is 13.6. The van der Waals surface area contributed by atoms with E-state index in [1.165, 1.54) is 6.92 Å². The van der Waals surface area contributed by atoms with Crippen molar-refractivity contribution in [2.24, 2.45) is 0 Å². The van der Waals surface area contributed by atoms with E-state index >= 15 is 0 Å². The summed E-state index contributed by atoms with van der Waals surface area (Å²) in [4.78, 5) is 34.4. The zero-order valence-electron chi connectivity index (χ0n) is 15.4.